The predicted molar refractivity (Wildman–Crippen MR) is 174 cm³/mol. The Kier molecular flexibility index (Phi) is 8.67. The van der Waals surface area contributed by atoms with E-state index in [-0.39, 0.29) is 55.3 Å². The van der Waals surface area contributed by atoms with Gasteiger partial charge in [-0.2, -0.15) is 13.2 Å². The lowest BCUT2D eigenvalue weighted by atomic mass is 9.53. The molecule has 1 heterocycles. The van der Waals surface area contributed by atoms with E-state index in [0.29, 0.717) is 5.56 Å². The van der Waals surface area contributed by atoms with Crippen molar-refractivity contribution in [1.29, 1.82) is 0 Å². The third kappa shape index (κ3) is 5.46. The molecule has 5 atom stereocenters. The maximum absolute atomic E-state index is 14.9. The molecule has 1 saturated carbocycles. The molecule has 0 amide bonds. The number of nitrogens with zero attached hydrogens (tertiary/aromatic N) is 2. The summed E-state index contributed by atoms with van der Waals surface area (Å²) < 4.78 is 67.6. The van der Waals surface area contributed by atoms with Gasteiger partial charge in [-0.15, -0.1) is 0 Å². The maximum Gasteiger partial charge on any atom is 0.417 e. The van der Waals surface area contributed by atoms with E-state index >= 15 is 0 Å². The molecule has 264 valence electrons. The Bertz CT molecular complexity index is 2030. The topological polar surface area (TPSA) is 125 Å². The van der Waals surface area contributed by atoms with Crippen LogP contribution in [0.5, 0.6) is 11.6 Å². The number of methoxy groups -OCH3 is 1. The van der Waals surface area contributed by atoms with Gasteiger partial charge in [0.2, 0.25) is 5.78 Å². The maximum atomic E-state index is 14.9. The van der Waals surface area contributed by atoms with Gasteiger partial charge >= 0.3 is 6.18 Å². The molecule has 1 fully saturated rings. The van der Waals surface area contributed by atoms with Crippen molar-refractivity contribution >= 4 is 23.6 Å². The standard InChI is InChI=1S/C38H33F3N2O8/c1-43(2)31-25-15-22-14-24-28(26(49-18-20-10-6-4-7-11-20)16-23(17-44)30(24)38(39,40)41)32(45)27(22)34(46)37(25,48-3)35(47)29-33(31)51-42-36(29)50-19-21-12-8-5-9-13-21/h4-13,16-17,22,25,27,31H,14-15,18-19H2,1-3H3. The van der Waals surface area contributed by atoms with Crippen LogP contribution in [0, 0.1) is 17.8 Å². The van der Waals surface area contributed by atoms with E-state index in [1.807, 2.05) is 30.3 Å². The Balaban J connectivity index is 1.34. The number of halogens is 3. The van der Waals surface area contributed by atoms with Crippen LogP contribution in [0.2, 0.25) is 0 Å². The van der Waals surface area contributed by atoms with Crippen molar-refractivity contribution in [2.75, 3.05) is 21.2 Å². The van der Waals surface area contributed by atoms with Gasteiger partial charge in [-0.05, 0) is 60.8 Å². The van der Waals surface area contributed by atoms with Gasteiger partial charge in [0.15, 0.2) is 29.2 Å². The SMILES string of the molecule is COC12C(=O)c3c(OCc4ccccc4)noc3C(N(C)C)C1CC1Cc3c(c(OCc4ccccc4)cc(C=O)c3C(F)(F)F)C(=O)C1C2=O. The number of alkyl halides is 3. The van der Waals surface area contributed by atoms with Crippen LogP contribution in [0.3, 0.4) is 0 Å². The highest BCUT2D eigenvalue weighted by Crippen LogP contribution is 2.57. The van der Waals surface area contributed by atoms with Gasteiger partial charge in [0.05, 0.1) is 23.1 Å². The Hall–Kier alpha value is -5.14. The first-order chi connectivity index (χ1) is 24.4. The lowest BCUT2D eigenvalue weighted by Crippen LogP contribution is -2.67. The summed E-state index contributed by atoms with van der Waals surface area (Å²) >= 11 is 0. The van der Waals surface area contributed by atoms with Gasteiger partial charge in [-0.25, -0.2) is 0 Å². The Morgan fingerprint density at radius 2 is 1.59 bits per heavy atom. The van der Waals surface area contributed by atoms with Crippen molar-refractivity contribution < 1.29 is 51.1 Å². The Morgan fingerprint density at radius 1 is 0.961 bits per heavy atom. The van der Waals surface area contributed by atoms with Crippen molar-refractivity contribution in [1.82, 2.24) is 10.1 Å². The number of fused-ring (bicyclic) bond motifs is 4. The van der Waals surface area contributed by atoms with Crippen LogP contribution in [-0.2, 0) is 35.3 Å². The molecule has 3 aromatic carbocycles. The molecular formula is C38H33F3N2O8. The van der Waals surface area contributed by atoms with E-state index in [1.165, 1.54) is 7.11 Å². The lowest BCUT2D eigenvalue weighted by Gasteiger charge is -2.52. The molecule has 51 heavy (non-hydrogen) atoms. The number of ether oxygens (including phenoxy) is 3. The van der Waals surface area contributed by atoms with E-state index < -0.39 is 75.2 Å². The molecule has 0 aliphatic heterocycles. The van der Waals surface area contributed by atoms with Gasteiger partial charge in [-0.3, -0.25) is 24.1 Å². The van der Waals surface area contributed by atoms with Crippen molar-refractivity contribution in [2.45, 2.75) is 43.9 Å². The number of rotatable bonds is 9. The number of aldehydes is 1. The van der Waals surface area contributed by atoms with Gasteiger partial charge in [0, 0.05) is 18.6 Å². The van der Waals surface area contributed by atoms with E-state index in [0.717, 1.165) is 11.6 Å². The molecule has 13 heteroatoms. The number of hydrogen-bond acceptors (Lipinski definition) is 10. The number of aromatic nitrogens is 1. The third-order valence-corrected chi connectivity index (χ3v) is 10.3. The van der Waals surface area contributed by atoms with E-state index in [1.54, 1.807) is 49.3 Å². The second kappa shape index (κ2) is 12.9. The number of carbonyl (C=O) groups is 4. The van der Waals surface area contributed by atoms with Crippen LogP contribution in [0.15, 0.2) is 71.3 Å². The smallest absolute Gasteiger partial charge is 0.417 e. The molecule has 0 saturated heterocycles. The molecule has 4 aromatic rings. The van der Waals surface area contributed by atoms with Gasteiger partial charge in [-0.1, -0.05) is 60.7 Å². The van der Waals surface area contributed by atoms with Crippen LogP contribution < -0.4 is 9.47 Å². The minimum atomic E-state index is -5.00. The molecule has 3 aliphatic carbocycles. The largest absolute Gasteiger partial charge is 0.488 e. The summed E-state index contributed by atoms with van der Waals surface area (Å²) in [5, 5.41) is 4.04. The summed E-state index contributed by atoms with van der Waals surface area (Å²) in [5.41, 5.74) is -3.65. The number of carbonyl (C=O) groups excluding carboxylic acids is 4. The summed E-state index contributed by atoms with van der Waals surface area (Å²) in [7, 11) is 4.60. The fraction of sp³-hybridized carbons (Fsp3) is 0.342. The van der Waals surface area contributed by atoms with Crippen LogP contribution >= 0.6 is 0 Å². The van der Waals surface area contributed by atoms with E-state index in [2.05, 4.69) is 5.16 Å². The minimum Gasteiger partial charge on any atom is -0.488 e. The van der Waals surface area contributed by atoms with Crippen LogP contribution in [0.1, 0.15) is 71.6 Å². The highest BCUT2D eigenvalue weighted by Gasteiger charge is 2.68. The Labute approximate surface area is 290 Å². The summed E-state index contributed by atoms with van der Waals surface area (Å²) in [6.07, 6.45) is -5.36. The summed E-state index contributed by atoms with van der Waals surface area (Å²) in [4.78, 5) is 57.9. The molecule has 5 unspecified atom stereocenters. The molecule has 0 bridgehead atoms. The first-order valence-electron chi connectivity index (χ1n) is 16.3. The highest BCUT2D eigenvalue weighted by atomic mass is 19.4. The van der Waals surface area contributed by atoms with Crippen molar-refractivity contribution in [3.05, 3.63) is 111 Å². The van der Waals surface area contributed by atoms with Crippen molar-refractivity contribution in [3.8, 4) is 11.6 Å². The second-order valence-corrected chi connectivity index (χ2v) is 13.3. The number of Topliss-reactive ketones (excluding diaryl/α,β-unsaturated/α-hetero) is 3. The summed E-state index contributed by atoms with van der Waals surface area (Å²) in [5.74, 6) is -6.39. The fourth-order valence-corrected chi connectivity index (χ4v) is 8.15. The zero-order chi connectivity index (χ0) is 36.2. The van der Waals surface area contributed by atoms with Crippen LogP contribution in [0.4, 0.5) is 13.2 Å². The number of ketones is 3. The summed E-state index contributed by atoms with van der Waals surface area (Å²) in [6, 6.07) is 17.9. The third-order valence-electron chi connectivity index (χ3n) is 10.3. The average Bonchev–Trinajstić information content (AvgIpc) is 3.53. The molecular weight excluding hydrogens is 669 g/mol. The summed E-state index contributed by atoms with van der Waals surface area (Å²) in [6.45, 7) is -0.0888. The normalized spacial score (nSPS) is 24.0. The van der Waals surface area contributed by atoms with E-state index in [4.69, 9.17) is 18.7 Å². The first kappa shape index (κ1) is 34.3. The molecule has 10 nitrogen and oxygen atoms in total. The predicted octanol–water partition coefficient (Wildman–Crippen LogP) is 6.11. The molecule has 7 rings (SSSR count). The molecule has 0 N–H and O–H groups in total. The highest BCUT2D eigenvalue weighted by molar-refractivity contribution is 6.27. The van der Waals surface area contributed by atoms with E-state index in [9.17, 15) is 32.3 Å². The number of benzene rings is 3. The van der Waals surface area contributed by atoms with Crippen molar-refractivity contribution in [3.63, 3.8) is 0 Å². The monoisotopic (exact) mass is 702 g/mol. The first-order valence-corrected chi connectivity index (χ1v) is 16.3. The van der Waals surface area contributed by atoms with Crippen LogP contribution in [-0.4, -0.2) is 60.5 Å². The quantitative estimate of drug-likeness (QED) is 0.149. The lowest BCUT2D eigenvalue weighted by molar-refractivity contribution is -0.159. The number of hydrogen-bond donors (Lipinski definition) is 0. The molecule has 0 radical (unpaired) electrons. The van der Waals surface area contributed by atoms with Gasteiger partial charge < -0.3 is 18.7 Å². The molecule has 0 spiro atoms. The second-order valence-electron chi connectivity index (χ2n) is 13.3. The average molecular weight is 703 g/mol. The van der Waals surface area contributed by atoms with Crippen molar-refractivity contribution in [2.24, 2.45) is 17.8 Å². The minimum absolute atomic E-state index is 0.0348. The molecule has 3 aliphatic rings. The molecule has 1 aromatic heterocycles. The van der Waals surface area contributed by atoms with Gasteiger partial charge in [0.1, 0.15) is 24.5 Å². The fourth-order valence-electron chi connectivity index (χ4n) is 8.15. The Morgan fingerprint density at radius 3 is 2.16 bits per heavy atom. The van der Waals surface area contributed by atoms with Crippen LogP contribution in [0.25, 0.3) is 0 Å². The van der Waals surface area contributed by atoms with Gasteiger partial charge in [0.25, 0.3) is 5.88 Å². The zero-order valence-electron chi connectivity index (χ0n) is 27.9. The zero-order valence-corrected chi connectivity index (χ0v) is 27.9.